The summed E-state index contributed by atoms with van der Waals surface area (Å²) in [6, 6.07) is 2.13. The fourth-order valence-corrected chi connectivity index (χ4v) is 4.11. The lowest BCUT2D eigenvalue weighted by atomic mass is 10.3. The van der Waals surface area contributed by atoms with Crippen LogP contribution in [0.3, 0.4) is 0 Å². The number of nitrogens with zero attached hydrogens (tertiary/aromatic N) is 7. The van der Waals surface area contributed by atoms with Gasteiger partial charge in [-0.25, -0.2) is 13.4 Å². The number of piperazine rings is 1. The van der Waals surface area contributed by atoms with Gasteiger partial charge in [0.25, 0.3) is 10.0 Å². The van der Waals surface area contributed by atoms with Gasteiger partial charge in [0.2, 0.25) is 0 Å². The van der Waals surface area contributed by atoms with Crippen LogP contribution in [-0.4, -0.2) is 72.7 Å². The van der Waals surface area contributed by atoms with Crippen LogP contribution in [0.4, 0.5) is 11.5 Å². The summed E-state index contributed by atoms with van der Waals surface area (Å²) < 4.78 is 28.9. The van der Waals surface area contributed by atoms with Crippen molar-refractivity contribution in [3.63, 3.8) is 0 Å². The van der Waals surface area contributed by atoms with Gasteiger partial charge in [-0.1, -0.05) is 0 Å². The van der Waals surface area contributed by atoms with Crippen molar-refractivity contribution < 1.29 is 8.42 Å². The number of aromatic nitrogens is 4. The number of imidazole rings is 1. The van der Waals surface area contributed by atoms with Gasteiger partial charge in [-0.3, -0.25) is 0 Å². The normalized spacial score (nSPS) is 16.3. The predicted octanol–water partition coefficient (Wildman–Crippen LogP) is 0.831. The van der Waals surface area contributed by atoms with E-state index in [1.54, 1.807) is 23.3 Å². The van der Waals surface area contributed by atoms with Gasteiger partial charge in [0.05, 0.1) is 18.2 Å². The van der Waals surface area contributed by atoms with Crippen molar-refractivity contribution in [2.45, 2.75) is 24.9 Å². The number of anilines is 2. The highest BCUT2D eigenvalue weighted by Gasteiger charge is 2.31. The van der Waals surface area contributed by atoms with Gasteiger partial charge < -0.3 is 14.4 Å². The van der Waals surface area contributed by atoms with Crippen molar-refractivity contribution >= 4 is 21.5 Å². The predicted molar refractivity (Wildman–Crippen MR) is 99.9 cm³/mol. The van der Waals surface area contributed by atoms with E-state index in [2.05, 4.69) is 20.1 Å². The van der Waals surface area contributed by atoms with Gasteiger partial charge in [0.15, 0.2) is 10.8 Å². The second kappa shape index (κ2) is 7.20. The zero-order valence-electron chi connectivity index (χ0n) is 15.6. The van der Waals surface area contributed by atoms with Gasteiger partial charge >= 0.3 is 0 Å². The Balaban J connectivity index is 1.70. The van der Waals surface area contributed by atoms with Gasteiger partial charge in [-0.2, -0.15) is 9.40 Å². The fraction of sp³-hybridized carbons (Fsp3) is 0.562. The zero-order valence-corrected chi connectivity index (χ0v) is 16.4. The lowest BCUT2D eigenvalue weighted by Gasteiger charge is -2.34. The SMILES string of the molecule is CC(C)n1cnc(S(=O)(=O)N2CCN(c3cc(N(C)C)cnn3)CC2)c1. The van der Waals surface area contributed by atoms with Crippen LogP contribution in [0.2, 0.25) is 0 Å². The minimum Gasteiger partial charge on any atom is -0.376 e. The van der Waals surface area contributed by atoms with Crippen LogP contribution in [0, 0.1) is 0 Å². The van der Waals surface area contributed by atoms with E-state index >= 15 is 0 Å². The van der Waals surface area contributed by atoms with Gasteiger partial charge in [-0.05, 0) is 13.8 Å². The standard InChI is InChI=1S/C16H25N7O2S/c1-13(2)22-11-16(17-12-22)26(24,25)23-7-5-21(6-8-23)15-9-14(20(3)4)10-18-19-15/h9-13H,5-8H2,1-4H3. The highest BCUT2D eigenvalue weighted by molar-refractivity contribution is 7.89. The molecular formula is C16H25N7O2S. The maximum atomic E-state index is 12.8. The van der Waals surface area contributed by atoms with Crippen LogP contribution in [0.15, 0.2) is 29.8 Å². The Morgan fingerprint density at radius 1 is 1.15 bits per heavy atom. The molecule has 1 aliphatic rings. The third kappa shape index (κ3) is 3.65. The Labute approximate surface area is 154 Å². The van der Waals surface area contributed by atoms with Crippen LogP contribution in [-0.2, 0) is 10.0 Å². The smallest absolute Gasteiger partial charge is 0.262 e. The molecule has 0 aromatic carbocycles. The zero-order chi connectivity index (χ0) is 18.9. The van der Waals surface area contributed by atoms with Crippen LogP contribution in [0.25, 0.3) is 0 Å². The molecule has 0 aliphatic carbocycles. The summed E-state index contributed by atoms with van der Waals surface area (Å²) in [4.78, 5) is 8.10. The van der Waals surface area contributed by atoms with Crippen LogP contribution in [0.1, 0.15) is 19.9 Å². The largest absolute Gasteiger partial charge is 0.376 e. The van der Waals surface area contributed by atoms with E-state index in [-0.39, 0.29) is 11.1 Å². The molecule has 0 unspecified atom stereocenters. The molecule has 26 heavy (non-hydrogen) atoms. The van der Waals surface area contributed by atoms with Gasteiger partial charge in [-0.15, -0.1) is 5.10 Å². The number of sulfonamides is 1. The topological polar surface area (TPSA) is 87.5 Å². The Kier molecular flexibility index (Phi) is 5.15. The molecule has 2 aromatic heterocycles. The number of hydrogen-bond donors (Lipinski definition) is 0. The van der Waals surface area contributed by atoms with E-state index in [4.69, 9.17) is 0 Å². The van der Waals surface area contributed by atoms with Crippen molar-refractivity contribution in [2.75, 3.05) is 50.1 Å². The summed E-state index contributed by atoms with van der Waals surface area (Å²) in [6.07, 6.45) is 4.86. The molecule has 0 bridgehead atoms. The number of rotatable bonds is 5. The van der Waals surface area contributed by atoms with E-state index < -0.39 is 10.0 Å². The maximum absolute atomic E-state index is 12.8. The molecule has 9 nitrogen and oxygen atoms in total. The van der Waals surface area contributed by atoms with Crippen molar-refractivity contribution in [2.24, 2.45) is 0 Å². The molecular weight excluding hydrogens is 354 g/mol. The summed E-state index contributed by atoms with van der Waals surface area (Å²) in [6.45, 7) is 5.89. The van der Waals surface area contributed by atoms with Crippen LogP contribution >= 0.6 is 0 Å². The molecule has 10 heteroatoms. The molecule has 0 amide bonds. The first-order valence-corrected chi connectivity index (χ1v) is 10.0. The maximum Gasteiger partial charge on any atom is 0.262 e. The third-order valence-electron chi connectivity index (χ3n) is 4.48. The minimum absolute atomic E-state index is 0.106. The molecule has 0 radical (unpaired) electrons. The van der Waals surface area contributed by atoms with Crippen molar-refractivity contribution in [1.29, 1.82) is 0 Å². The molecule has 1 fully saturated rings. The summed E-state index contributed by atoms with van der Waals surface area (Å²) in [5.74, 6) is 0.761. The fourth-order valence-electron chi connectivity index (χ4n) is 2.77. The lowest BCUT2D eigenvalue weighted by molar-refractivity contribution is 0.382. The summed E-state index contributed by atoms with van der Waals surface area (Å²) in [5, 5.41) is 8.32. The molecule has 142 valence electrons. The molecule has 2 aromatic rings. The van der Waals surface area contributed by atoms with E-state index in [1.807, 2.05) is 38.9 Å². The van der Waals surface area contributed by atoms with Crippen LogP contribution in [0.5, 0.6) is 0 Å². The van der Waals surface area contributed by atoms with Crippen LogP contribution < -0.4 is 9.80 Å². The molecule has 0 saturated carbocycles. The summed E-state index contributed by atoms with van der Waals surface area (Å²) in [5.41, 5.74) is 0.962. The summed E-state index contributed by atoms with van der Waals surface area (Å²) in [7, 11) is 0.321. The molecule has 0 spiro atoms. The second-order valence-electron chi connectivity index (χ2n) is 6.81. The molecule has 1 aliphatic heterocycles. The first-order chi connectivity index (χ1) is 12.3. The summed E-state index contributed by atoms with van der Waals surface area (Å²) >= 11 is 0. The monoisotopic (exact) mass is 379 g/mol. The van der Waals surface area contributed by atoms with Crippen molar-refractivity contribution in [3.8, 4) is 0 Å². The number of hydrogen-bond acceptors (Lipinski definition) is 7. The molecule has 3 rings (SSSR count). The lowest BCUT2D eigenvalue weighted by Crippen LogP contribution is -2.49. The molecule has 1 saturated heterocycles. The highest BCUT2D eigenvalue weighted by atomic mass is 32.2. The van der Waals surface area contributed by atoms with Crippen molar-refractivity contribution in [1.82, 2.24) is 24.1 Å². The average Bonchev–Trinajstić information content (AvgIpc) is 3.13. The molecule has 0 N–H and O–H groups in total. The quantitative estimate of drug-likeness (QED) is 0.760. The Hall–Kier alpha value is -2.20. The van der Waals surface area contributed by atoms with Crippen molar-refractivity contribution in [3.05, 3.63) is 24.8 Å². The highest BCUT2D eigenvalue weighted by Crippen LogP contribution is 2.21. The molecule has 3 heterocycles. The first kappa shape index (κ1) is 18.6. The Bertz CT molecular complexity index is 855. The second-order valence-corrected chi connectivity index (χ2v) is 8.70. The van der Waals surface area contributed by atoms with E-state index in [1.165, 1.54) is 4.31 Å². The molecule has 0 atom stereocenters. The van der Waals surface area contributed by atoms with Gasteiger partial charge in [0.1, 0.15) is 0 Å². The third-order valence-corrected chi connectivity index (χ3v) is 6.27. The van der Waals surface area contributed by atoms with E-state index in [0.717, 1.165) is 11.5 Å². The Morgan fingerprint density at radius 3 is 2.42 bits per heavy atom. The Morgan fingerprint density at radius 2 is 1.85 bits per heavy atom. The average molecular weight is 379 g/mol. The van der Waals surface area contributed by atoms with E-state index in [0.29, 0.717) is 26.2 Å². The van der Waals surface area contributed by atoms with E-state index in [9.17, 15) is 8.42 Å². The minimum atomic E-state index is -3.57. The first-order valence-electron chi connectivity index (χ1n) is 8.57. The van der Waals surface area contributed by atoms with Gasteiger partial charge in [0, 0.05) is 58.6 Å².